The normalized spacial score (nSPS) is 12.7. The Balaban J connectivity index is 3.37. The van der Waals surface area contributed by atoms with Crippen LogP contribution in [0.2, 0.25) is 0 Å². The highest BCUT2D eigenvalue weighted by atomic mass is 16.5. The number of carbonyl (C=O) groups excluding carboxylic acids is 2. The Morgan fingerprint density at radius 2 is 0.680 bits per heavy atom. The highest BCUT2D eigenvalue weighted by molar-refractivity contribution is 5.76. The van der Waals surface area contributed by atoms with Crippen LogP contribution in [0.3, 0.4) is 0 Å². The first-order chi connectivity index (χ1) is 37.0. The van der Waals surface area contributed by atoms with E-state index in [4.69, 9.17) is 4.74 Å². The van der Waals surface area contributed by atoms with Crippen LogP contribution < -0.4 is 5.32 Å². The molecule has 0 saturated carbocycles. The molecular weight excluding hydrogens is 923 g/mol. The maximum Gasteiger partial charge on any atom is 0.305 e. The van der Waals surface area contributed by atoms with E-state index in [0.717, 1.165) is 51.4 Å². The van der Waals surface area contributed by atoms with Gasteiger partial charge in [0.15, 0.2) is 0 Å². The van der Waals surface area contributed by atoms with Gasteiger partial charge in [-0.05, 0) is 77.0 Å². The molecule has 2 unspecified atom stereocenters. The third-order valence-electron chi connectivity index (χ3n) is 15.7. The van der Waals surface area contributed by atoms with Crippen molar-refractivity contribution in [2.75, 3.05) is 13.2 Å². The summed E-state index contributed by atoms with van der Waals surface area (Å²) < 4.78 is 5.48. The van der Waals surface area contributed by atoms with Gasteiger partial charge in [-0.2, -0.15) is 0 Å². The molecule has 0 aromatic heterocycles. The van der Waals surface area contributed by atoms with Gasteiger partial charge >= 0.3 is 5.97 Å². The minimum absolute atomic E-state index is 0.00201. The standard InChI is InChI=1S/C69H131NO5/c1-3-5-7-9-11-13-15-17-34-37-41-45-49-53-57-61-67(72)66(65-71)70-68(73)62-58-54-50-46-42-38-35-32-30-28-26-24-22-20-19-21-23-25-27-29-31-33-36-40-44-48-52-56-60-64-75-69(74)63-59-55-51-47-43-39-18-16-14-12-10-8-6-4-2/h10,12,16,18-19,21,66-67,71-72H,3-9,11,13-15,17,20,22-65H2,1-2H3,(H,70,73)/b12-10-,18-16-,21-19-. The zero-order valence-electron chi connectivity index (χ0n) is 50.5. The van der Waals surface area contributed by atoms with Gasteiger partial charge in [0, 0.05) is 12.8 Å². The Kier molecular flexibility index (Phi) is 63.0. The van der Waals surface area contributed by atoms with E-state index >= 15 is 0 Å². The smallest absolute Gasteiger partial charge is 0.305 e. The Hall–Kier alpha value is -1.92. The lowest BCUT2D eigenvalue weighted by Crippen LogP contribution is -2.45. The minimum atomic E-state index is -0.664. The summed E-state index contributed by atoms with van der Waals surface area (Å²) in [6.07, 6.45) is 81.8. The summed E-state index contributed by atoms with van der Waals surface area (Å²) in [5.41, 5.74) is 0. The van der Waals surface area contributed by atoms with Crippen LogP contribution in [-0.4, -0.2) is 47.4 Å². The number of carbonyl (C=O) groups is 2. The van der Waals surface area contributed by atoms with Crippen molar-refractivity contribution in [1.29, 1.82) is 0 Å². The van der Waals surface area contributed by atoms with Crippen molar-refractivity contribution in [1.82, 2.24) is 5.32 Å². The summed E-state index contributed by atoms with van der Waals surface area (Å²) >= 11 is 0. The average molecular weight is 1050 g/mol. The zero-order valence-corrected chi connectivity index (χ0v) is 50.5. The number of esters is 1. The summed E-state index contributed by atoms with van der Waals surface area (Å²) in [5, 5.41) is 23.3. The van der Waals surface area contributed by atoms with Crippen LogP contribution in [0.15, 0.2) is 36.5 Å². The molecule has 442 valence electrons. The van der Waals surface area contributed by atoms with Crippen molar-refractivity contribution >= 4 is 11.9 Å². The first-order valence-corrected chi connectivity index (χ1v) is 33.7. The Morgan fingerprint density at radius 1 is 0.373 bits per heavy atom. The van der Waals surface area contributed by atoms with Gasteiger partial charge in [-0.25, -0.2) is 0 Å². The molecule has 2 atom stereocenters. The van der Waals surface area contributed by atoms with Crippen LogP contribution >= 0.6 is 0 Å². The number of hydrogen-bond acceptors (Lipinski definition) is 5. The Labute approximate surface area is 468 Å². The minimum Gasteiger partial charge on any atom is -0.466 e. The van der Waals surface area contributed by atoms with Crippen molar-refractivity contribution < 1.29 is 24.5 Å². The molecule has 0 aromatic carbocycles. The van der Waals surface area contributed by atoms with Crippen molar-refractivity contribution in [2.24, 2.45) is 0 Å². The number of ether oxygens (including phenoxy) is 1. The third kappa shape index (κ3) is 61.2. The first kappa shape index (κ1) is 73.1. The summed E-state index contributed by atoms with van der Waals surface area (Å²) in [6, 6.07) is -0.541. The fourth-order valence-electron chi connectivity index (χ4n) is 10.5. The van der Waals surface area contributed by atoms with Gasteiger partial charge < -0.3 is 20.3 Å². The summed E-state index contributed by atoms with van der Waals surface area (Å²) in [6.45, 7) is 4.93. The van der Waals surface area contributed by atoms with E-state index in [1.807, 2.05) is 0 Å². The second-order valence-electron chi connectivity index (χ2n) is 23.1. The number of amides is 1. The highest BCUT2D eigenvalue weighted by Gasteiger charge is 2.20. The molecule has 3 N–H and O–H groups in total. The number of aliphatic hydroxyl groups excluding tert-OH is 2. The van der Waals surface area contributed by atoms with Gasteiger partial charge in [0.05, 0.1) is 25.4 Å². The molecule has 0 rings (SSSR count). The average Bonchev–Trinajstić information content (AvgIpc) is 3.41. The quantitative estimate of drug-likeness (QED) is 0.0320. The molecule has 1 amide bonds. The molecule has 0 aliphatic carbocycles. The number of unbranched alkanes of at least 4 members (excludes halogenated alkanes) is 46. The number of aliphatic hydroxyl groups is 2. The molecule has 0 fully saturated rings. The molecule has 0 bridgehead atoms. The first-order valence-electron chi connectivity index (χ1n) is 33.7. The largest absolute Gasteiger partial charge is 0.466 e. The zero-order chi connectivity index (χ0) is 54.3. The van der Waals surface area contributed by atoms with Gasteiger partial charge in [-0.1, -0.05) is 314 Å². The second kappa shape index (κ2) is 64.6. The van der Waals surface area contributed by atoms with Crippen LogP contribution in [0.4, 0.5) is 0 Å². The maximum absolute atomic E-state index is 12.5. The lowest BCUT2D eigenvalue weighted by atomic mass is 10.0. The maximum atomic E-state index is 12.5. The SMILES string of the molecule is CCCC/C=C\C/C=C\CCCCCCCC(=O)OCCCCCCCCCCCCCC/C=C\CCCCCCCCCCCCCCCC(=O)NC(CO)C(O)CCCCCCCCCCCCCCCCC. The fourth-order valence-corrected chi connectivity index (χ4v) is 10.5. The number of allylic oxidation sites excluding steroid dienone is 6. The van der Waals surface area contributed by atoms with Crippen molar-refractivity contribution in [3.8, 4) is 0 Å². The number of hydrogen-bond donors (Lipinski definition) is 3. The van der Waals surface area contributed by atoms with E-state index in [2.05, 4.69) is 55.6 Å². The van der Waals surface area contributed by atoms with Crippen LogP contribution in [0.5, 0.6) is 0 Å². The topological polar surface area (TPSA) is 95.9 Å². The summed E-state index contributed by atoms with van der Waals surface area (Å²) in [4.78, 5) is 24.5. The van der Waals surface area contributed by atoms with Gasteiger partial charge in [-0.15, -0.1) is 0 Å². The fraction of sp³-hybridized carbons (Fsp3) is 0.884. The van der Waals surface area contributed by atoms with Crippen LogP contribution in [-0.2, 0) is 14.3 Å². The van der Waals surface area contributed by atoms with Crippen molar-refractivity contribution in [3.63, 3.8) is 0 Å². The van der Waals surface area contributed by atoms with E-state index < -0.39 is 12.1 Å². The van der Waals surface area contributed by atoms with Gasteiger partial charge in [0.25, 0.3) is 0 Å². The van der Waals surface area contributed by atoms with E-state index in [1.54, 1.807) is 0 Å². The molecule has 75 heavy (non-hydrogen) atoms. The predicted molar refractivity (Wildman–Crippen MR) is 329 cm³/mol. The van der Waals surface area contributed by atoms with Crippen molar-refractivity contribution in [2.45, 2.75) is 379 Å². The molecular formula is C69H131NO5. The monoisotopic (exact) mass is 1050 g/mol. The molecule has 0 aliphatic rings. The van der Waals surface area contributed by atoms with Gasteiger partial charge in [-0.3, -0.25) is 9.59 Å². The molecule has 0 aliphatic heterocycles. The molecule has 0 spiro atoms. The highest BCUT2D eigenvalue weighted by Crippen LogP contribution is 2.18. The lowest BCUT2D eigenvalue weighted by Gasteiger charge is -2.22. The van der Waals surface area contributed by atoms with Crippen molar-refractivity contribution in [3.05, 3.63) is 36.5 Å². The molecule has 0 aromatic rings. The van der Waals surface area contributed by atoms with Gasteiger partial charge in [0.2, 0.25) is 5.91 Å². The van der Waals surface area contributed by atoms with E-state index in [1.165, 1.54) is 283 Å². The Bertz CT molecular complexity index is 1210. The molecule has 0 saturated heterocycles. The van der Waals surface area contributed by atoms with Crippen LogP contribution in [0, 0.1) is 0 Å². The number of nitrogens with one attached hydrogen (secondary N) is 1. The molecule has 0 heterocycles. The molecule has 6 nitrogen and oxygen atoms in total. The lowest BCUT2D eigenvalue weighted by molar-refractivity contribution is -0.143. The summed E-state index contributed by atoms with van der Waals surface area (Å²) in [7, 11) is 0. The Morgan fingerprint density at radius 3 is 1.07 bits per heavy atom. The predicted octanol–water partition coefficient (Wildman–Crippen LogP) is 21.5. The number of rotatable bonds is 63. The van der Waals surface area contributed by atoms with E-state index in [0.29, 0.717) is 25.9 Å². The summed E-state index contributed by atoms with van der Waals surface area (Å²) in [5.74, 6) is -0.0300. The van der Waals surface area contributed by atoms with E-state index in [-0.39, 0.29) is 18.5 Å². The third-order valence-corrected chi connectivity index (χ3v) is 15.7. The molecule has 0 radical (unpaired) electrons. The van der Waals surface area contributed by atoms with Crippen LogP contribution in [0.1, 0.15) is 367 Å². The second-order valence-corrected chi connectivity index (χ2v) is 23.1. The van der Waals surface area contributed by atoms with E-state index in [9.17, 15) is 19.8 Å². The molecule has 6 heteroatoms. The van der Waals surface area contributed by atoms with Crippen LogP contribution in [0.25, 0.3) is 0 Å². The van der Waals surface area contributed by atoms with Gasteiger partial charge in [0.1, 0.15) is 0 Å².